The summed E-state index contributed by atoms with van der Waals surface area (Å²) < 4.78 is 0. The summed E-state index contributed by atoms with van der Waals surface area (Å²) in [6.07, 6.45) is 1.68. The molecule has 3 nitrogen and oxygen atoms in total. The van der Waals surface area contributed by atoms with Crippen molar-refractivity contribution in [2.45, 2.75) is 19.6 Å². The SMILES string of the molecule is Clc1nnccc1CN1Cc2ccccc2C1. The van der Waals surface area contributed by atoms with E-state index in [0.29, 0.717) is 5.15 Å². The van der Waals surface area contributed by atoms with Crippen LogP contribution in [-0.2, 0) is 19.6 Å². The van der Waals surface area contributed by atoms with Gasteiger partial charge < -0.3 is 0 Å². The van der Waals surface area contributed by atoms with Crippen molar-refractivity contribution in [2.24, 2.45) is 0 Å². The van der Waals surface area contributed by atoms with Crippen LogP contribution >= 0.6 is 11.6 Å². The van der Waals surface area contributed by atoms with E-state index >= 15 is 0 Å². The Morgan fingerprint density at radius 3 is 2.47 bits per heavy atom. The summed E-state index contributed by atoms with van der Waals surface area (Å²) in [5, 5.41) is 8.12. The summed E-state index contributed by atoms with van der Waals surface area (Å²) in [5.41, 5.74) is 3.85. The fourth-order valence-corrected chi connectivity index (χ4v) is 2.38. The van der Waals surface area contributed by atoms with Crippen LogP contribution in [0.1, 0.15) is 16.7 Å². The predicted molar refractivity (Wildman–Crippen MR) is 66.4 cm³/mol. The zero-order valence-corrected chi connectivity index (χ0v) is 10.1. The first-order valence-corrected chi connectivity index (χ1v) is 5.96. The number of fused-ring (bicyclic) bond motifs is 1. The van der Waals surface area contributed by atoms with Crippen molar-refractivity contribution in [2.75, 3.05) is 0 Å². The van der Waals surface area contributed by atoms with Gasteiger partial charge in [-0.15, -0.1) is 5.10 Å². The van der Waals surface area contributed by atoms with E-state index in [1.807, 2.05) is 6.07 Å². The summed E-state index contributed by atoms with van der Waals surface area (Å²) in [6, 6.07) is 10.5. The average Bonchev–Trinajstić information content (AvgIpc) is 2.74. The molecule has 0 radical (unpaired) electrons. The molecular weight excluding hydrogens is 234 g/mol. The van der Waals surface area contributed by atoms with E-state index in [-0.39, 0.29) is 0 Å². The highest BCUT2D eigenvalue weighted by Crippen LogP contribution is 2.25. The molecule has 3 rings (SSSR count). The fourth-order valence-electron chi connectivity index (χ4n) is 2.21. The molecule has 86 valence electrons. The first kappa shape index (κ1) is 10.7. The molecule has 0 saturated carbocycles. The van der Waals surface area contributed by atoms with Crippen LogP contribution in [0.3, 0.4) is 0 Å². The van der Waals surface area contributed by atoms with Crippen molar-refractivity contribution < 1.29 is 0 Å². The number of hydrogen-bond acceptors (Lipinski definition) is 3. The highest BCUT2D eigenvalue weighted by Gasteiger charge is 2.19. The van der Waals surface area contributed by atoms with Crippen LogP contribution < -0.4 is 0 Å². The van der Waals surface area contributed by atoms with Gasteiger partial charge in [0, 0.05) is 25.2 Å². The van der Waals surface area contributed by atoms with Gasteiger partial charge >= 0.3 is 0 Å². The lowest BCUT2D eigenvalue weighted by molar-refractivity contribution is 0.275. The molecule has 2 heterocycles. The maximum atomic E-state index is 6.01. The van der Waals surface area contributed by atoms with Crippen LogP contribution in [0, 0.1) is 0 Å². The second kappa shape index (κ2) is 4.43. The third kappa shape index (κ3) is 2.16. The lowest BCUT2D eigenvalue weighted by atomic mass is 10.1. The molecule has 0 fully saturated rings. The Morgan fingerprint density at radius 1 is 1.12 bits per heavy atom. The number of halogens is 1. The second-order valence-corrected chi connectivity index (χ2v) is 4.62. The van der Waals surface area contributed by atoms with Gasteiger partial charge in [-0.05, 0) is 17.2 Å². The van der Waals surface area contributed by atoms with Crippen LogP contribution in [0.2, 0.25) is 5.15 Å². The van der Waals surface area contributed by atoms with Crippen molar-refractivity contribution in [3.63, 3.8) is 0 Å². The van der Waals surface area contributed by atoms with E-state index in [1.54, 1.807) is 6.20 Å². The molecule has 0 unspecified atom stereocenters. The van der Waals surface area contributed by atoms with E-state index in [1.165, 1.54) is 11.1 Å². The van der Waals surface area contributed by atoms with E-state index in [0.717, 1.165) is 25.2 Å². The molecule has 17 heavy (non-hydrogen) atoms. The summed E-state index contributed by atoms with van der Waals surface area (Å²) in [4.78, 5) is 2.35. The largest absolute Gasteiger partial charge is 0.290 e. The van der Waals surface area contributed by atoms with Crippen molar-refractivity contribution in [1.29, 1.82) is 0 Å². The Labute approximate surface area is 105 Å². The van der Waals surface area contributed by atoms with E-state index in [2.05, 4.69) is 39.4 Å². The first-order valence-electron chi connectivity index (χ1n) is 5.58. The smallest absolute Gasteiger partial charge is 0.156 e. The van der Waals surface area contributed by atoms with E-state index in [9.17, 15) is 0 Å². The lowest BCUT2D eigenvalue weighted by Crippen LogP contribution is -2.16. The third-order valence-electron chi connectivity index (χ3n) is 3.05. The van der Waals surface area contributed by atoms with Crippen molar-refractivity contribution in [3.8, 4) is 0 Å². The Bertz CT molecular complexity index is 517. The molecule has 0 atom stereocenters. The summed E-state index contributed by atoms with van der Waals surface area (Å²) in [6.45, 7) is 2.78. The van der Waals surface area contributed by atoms with Gasteiger partial charge in [-0.25, -0.2) is 0 Å². The summed E-state index contributed by atoms with van der Waals surface area (Å²) in [5.74, 6) is 0. The first-order chi connectivity index (χ1) is 8.33. The molecule has 1 aliphatic rings. The minimum Gasteiger partial charge on any atom is -0.290 e. The van der Waals surface area contributed by atoms with Crippen molar-refractivity contribution >= 4 is 11.6 Å². The fraction of sp³-hybridized carbons (Fsp3) is 0.231. The molecule has 1 aromatic carbocycles. The van der Waals surface area contributed by atoms with Gasteiger partial charge in [0.05, 0.1) is 6.20 Å². The molecule has 1 aliphatic heterocycles. The number of aromatic nitrogens is 2. The van der Waals surface area contributed by atoms with Crippen molar-refractivity contribution in [3.05, 3.63) is 58.4 Å². The summed E-state index contributed by atoms with van der Waals surface area (Å²) >= 11 is 6.01. The molecule has 0 spiro atoms. The predicted octanol–water partition coefficient (Wildman–Crippen LogP) is 2.65. The molecule has 0 amide bonds. The minimum atomic E-state index is 0.503. The van der Waals surface area contributed by atoms with Gasteiger partial charge in [-0.3, -0.25) is 4.90 Å². The second-order valence-electron chi connectivity index (χ2n) is 4.26. The standard InChI is InChI=1S/C13H12ClN3/c14-13-12(5-6-15-16-13)9-17-7-10-3-1-2-4-11(10)8-17/h1-6H,7-9H2. The number of hydrogen-bond donors (Lipinski definition) is 0. The normalized spacial score (nSPS) is 14.9. The monoisotopic (exact) mass is 245 g/mol. The molecule has 0 saturated heterocycles. The molecule has 0 bridgehead atoms. The number of benzene rings is 1. The molecule has 0 aliphatic carbocycles. The van der Waals surface area contributed by atoms with E-state index in [4.69, 9.17) is 11.6 Å². The average molecular weight is 246 g/mol. The molecule has 4 heteroatoms. The highest BCUT2D eigenvalue weighted by molar-refractivity contribution is 6.30. The molecule has 2 aromatic rings. The van der Waals surface area contributed by atoms with E-state index < -0.39 is 0 Å². The Balaban J connectivity index is 1.76. The molecule has 1 aromatic heterocycles. The maximum Gasteiger partial charge on any atom is 0.156 e. The van der Waals surface area contributed by atoms with Crippen LogP contribution in [-0.4, -0.2) is 15.1 Å². The summed E-state index contributed by atoms with van der Waals surface area (Å²) in [7, 11) is 0. The zero-order chi connectivity index (χ0) is 11.7. The topological polar surface area (TPSA) is 29.0 Å². The minimum absolute atomic E-state index is 0.503. The lowest BCUT2D eigenvalue weighted by Gasteiger charge is -2.14. The Hall–Kier alpha value is -1.45. The van der Waals surface area contributed by atoms with Gasteiger partial charge in [0.15, 0.2) is 5.15 Å². The van der Waals surface area contributed by atoms with Crippen LogP contribution in [0.4, 0.5) is 0 Å². The van der Waals surface area contributed by atoms with Crippen LogP contribution in [0.5, 0.6) is 0 Å². The highest BCUT2D eigenvalue weighted by atomic mass is 35.5. The maximum absolute atomic E-state index is 6.01. The number of nitrogens with zero attached hydrogens (tertiary/aromatic N) is 3. The van der Waals surface area contributed by atoms with Crippen LogP contribution in [0.15, 0.2) is 36.5 Å². The molecule has 0 N–H and O–H groups in total. The van der Waals surface area contributed by atoms with Gasteiger partial charge in [0.25, 0.3) is 0 Å². The Morgan fingerprint density at radius 2 is 1.82 bits per heavy atom. The van der Waals surface area contributed by atoms with Gasteiger partial charge in [0.1, 0.15) is 0 Å². The van der Waals surface area contributed by atoms with Gasteiger partial charge in [0.2, 0.25) is 0 Å². The molecular formula is C13H12ClN3. The van der Waals surface area contributed by atoms with Crippen LogP contribution in [0.25, 0.3) is 0 Å². The third-order valence-corrected chi connectivity index (χ3v) is 3.37. The zero-order valence-electron chi connectivity index (χ0n) is 9.31. The quantitative estimate of drug-likeness (QED) is 0.815. The van der Waals surface area contributed by atoms with Gasteiger partial charge in [-0.2, -0.15) is 5.10 Å². The number of rotatable bonds is 2. The van der Waals surface area contributed by atoms with Crippen molar-refractivity contribution in [1.82, 2.24) is 15.1 Å². The Kier molecular flexibility index (Phi) is 2.79. The van der Waals surface area contributed by atoms with Gasteiger partial charge in [-0.1, -0.05) is 35.9 Å².